The second kappa shape index (κ2) is 4.18. The highest BCUT2D eigenvalue weighted by Crippen LogP contribution is 2.31. The van der Waals surface area contributed by atoms with Crippen LogP contribution in [0.4, 0.5) is 0 Å². The number of halogens is 1. The zero-order chi connectivity index (χ0) is 12.6. The highest BCUT2D eigenvalue weighted by Gasteiger charge is 2.17. The fourth-order valence-corrected chi connectivity index (χ4v) is 1.98. The number of nitrogens with zero attached hydrogens (tertiary/aromatic N) is 3. The summed E-state index contributed by atoms with van der Waals surface area (Å²) in [5.41, 5.74) is 1.77. The molecule has 5 heteroatoms. The number of hydrogen-bond acceptors (Lipinski definition) is 3. The first-order chi connectivity index (χ1) is 7.92. The molecule has 92 valence electrons. The summed E-state index contributed by atoms with van der Waals surface area (Å²) < 4.78 is 7.03. The van der Waals surface area contributed by atoms with Crippen molar-refractivity contribution in [3.05, 3.63) is 17.2 Å². The molecular weight excluding hydrogens is 238 g/mol. The lowest BCUT2D eigenvalue weighted by atomic mass is 9.97. The second-order valence-electron chi connectivity index (χ2n) is 5.26. The largest absolute Gasteiger partial charge is 0.495 e. The van der Waals surface area contributed by atoms with Crippen LogP contribution in [0.2, 0.25) is 5.02 Å². The van der Waals surface area contributed by atoms with Crippen LogP contribution in [-0.2, 0) is 6.54 Å². The van der Waals surface area contributed by atoms with E-state index in [0.29, 0.717) is 16.3 Å². The Morgan fingerprint density at radius 1 is 1.35 bits per heavy atom. The van der Waals surface area contributed by atoms with Crippen LogP contribution < -0.4 is 4.74 Å². The normalized spacial score (nSPS) is 12.1. The average molecular weight is 254 g/mol. The summed E-state index contributed by atoms with van der Waals surface area (Å²) in [6.45, 7) is 7.27. The lowest BCUT2D eigenvalue weighted by Crippen LogP contribution is -2.16. The van der Waals surface area contributed by atoms with Crippen molar-refractivity contribution in [2.75, 3.05) is 7.11 Å². The fourth-order valence-electron chi connectivity index (χ4n) is 1.71. The van der Waals surface area contributed by atoms with E-state index in [-0.39, 0.29) is 5.41 Å². The van der Waals surface area contributed by atoms with Gasteiger partial charge in [0.25, 0.3) is 0 Å². The third-order valence-corrected chi connectivity index (χ3v) is 2.80. The van der Waals surface area contributed by atoms with Gasteiger partial charge in [-0.25, -0.2) is 4.68 Å². The minimum Gasteiger partial charge on any atom is -0.495 e. The Labute approximate surface area is 106 Å². The van der Waals surface area contributed by atoms with Crippen molar-refractivity contribution in [2.24, 2.45) is 5.41 Å². The number of ether oxygens (including phenoxy) is 1. The Kier molecular flexibility index (Phi) is 3.00. The summed E-state index contributed by atoms with van der Waals surface area (Å²) >= 11 is 6.19. The van der Waals surface area contributed by atoms with Crippen LogP contribution in [0.5, 0.6) is 5.75 Å². The van der Waals surface area contributed by atoms with Gasteiger partial charge in [-0.3, -0.25) is 0 Å². The predicted octanol–water partition coefficient (Wildman–Crippen LogP) is 3.14. The molecule has 4 nitrogen and oxygen atoms in total. The first-order valence-corrected chi connectivity index (χ1v) is 5.86. The minimum absolute atomic E-state index is 0.146. The highest BCUT2D eigenvalue weighted by molar-refractivity contribution is 6.36. The Morgan fingerprint density at radius 3 is 2.65 bits per heavy atom. The van der Waals surface area contributed by atoms with E-state index in [2.05, 4.69) is 31.1 Å². The van der Waals surface area contributed by atoms with E-state index in [0.717, 1.165) is 12.1 Å². The summed E-state index contributed by atoms with van der Waals surface area (Å²) in [7, 11) is 1.59. The van der Waals surface area contributed by atoms with E-state index < -0.39 is 0 Å². The van der Waals surface area contributed by atoms with Gasteiger partial charge in [0, 0.05) is 6.54 Å². The van der Waals surface area contributed by atoms with Crippen LogP contribution in [-0.4, -0.2) is 22.1 Å². The first kappa shape index (κ1) is 12.2. The molecule has 2 aromatic rings. The topological polar surface area (TPSA) is 39.9 Å². The molecule has 0 saturated heterocycles. The predicted molar refractivity (Wildman–Crippen MR) is 68.5 cm³/mol. The zero-order valence-electron chi connectivity index (χ0n) is 10.5. The van der Waals surface area contributed by atoms with Gasteiger partial charge in [0.2, 0.25) is 0 Å². The highest BCUT2D eigenvalue weighted by atomic mass is 35.5. The molecule has 0 aliphatic carbocycles. The Bertz CT molecular complexity index is 542. The average Bonchev–Trinajstić information content (AvgIpc) is 2.61. The molecule has 0 spiro atoms. The van der Waals surface area contributed by atoms with Gasteiger partial charge >= 0.3 is 0 Å². The van der Waals surface area contributed by atoms with Crippen LogP contribution in [0.15, 0.2) is 12.1 Å². The minimum atomic E-state index is 0.146. The van der Waals surface area contributed by atoms with E-state index in [9.17, 15) is 0 Å². The Balaban J connectivity index is 2.52. The standard InChI is InChI=1S/C12H16ClN3O/c1-12(2,3)7-16-8-5-6-9(17-4)10(13)11(8)14-15-16/h5-6H,7H2,1-4H3. The van der Waals surface area contributed by atoms with Crippen LogP contribution in [0.25, 0.3) is 11.0 Å². The number of rotatable bonds is 2. The molecule has 1 heterocycles. The Hall–Kier alpha value is -1.29. The number of benzene rings is 1. The number of methoxy groups -OCH3 is 1. The van der Waals surface area contributed by atoms with Gasteiger partial charge in [-0.05, 0) is 17.5 Å². The molecular formula is C12H16ClN3O. The van der Waals surface area contributed by atoms with Gasteiger partial charge in [-0.1, -0.05) is 37.6 Å². The van der Waals surface area contributed by atoms with Crippen molar-refractivity contribution in [3.8, 4) is 5.75 Å². The van der Waals surface area contributed by atoms with Gasteiger partial charge in [0.15, 0.2) is 0 Å². The van der Waals surface area contributed by atoms with E-state index in [1.807, 2.05) is 16.8 Å². The summed E-state index contributed by atoms with van der Waals surface area (Å²) in [6.07, 6.45) is 0. The van der Waals surface area contributed by atoms with Gasteiger partial charge < -0.3 is 4.74 Å². The summed E-state index contributed by atoms with van der Waals surface area (Å²) in [5, 5.41) is 8.77. The van der Waals surface area contributed by atoms with Gasteiger partial charge in [0.05, 0.1) is 12.6 Å². The summed E-state index contributed by atoms with van der Waals surface area (Å²) in [6, 6.07) is 3.78. The van der Waals surface area contributed by atoms with E-state index in [4.69, 9.17) is 16.3 Å². The maximum atomic E-state index is 6.19. The van der Waals surface area contributed by atoms with Crippen LogP contribution in [0, 0.1) is 5.41 Å². The molecule has 0 atom stereocenters. The zero-order valence-corrected chi connectivity index (χ0v) is 11.2. The molecule has 0 radical (unpaired) electrons. The van der Waals surface area contributed by atoms with Crippen molar-refractivity contribution < 1.29 is 4.74 Å². The van der Waals surface area contributed by atoms with Crippen LogP contribution >= 0.6 is 11.6 Å². The van der Waals surface area contributed by atoms with Gasteiger partial charge in [-0.2, -0.15) is 0 Å². The molecule has 0 saturated carbocycles. The second-order valence-corrected chi connectivity index (χ2v) is 5.64. The first-order valence-electron chi connectivity index (χ1n) is 5.48. The Morgan fingerprint density at radius 2 is 2.06 bits per heavy atom. The lowest BCUT2D eigenvalue weighted by Gasteiger charge is -2.17. The molecule has 0 aliphatic rings. The quantitative estimate of drug-likeness (QED) is 0.826. The van der Waals surface area contributed by atoms with Crippen LogP contribution in [0.1, 0.15) is 20.8 Å². The molecule has 0 bridgehead atoms. The van der Waals surface area contributed by atoms with Crippen molar-refractivity contribution in [3.63, 3.8) is 0 Å². The van der Waals surface area contributed by atoms with Crippen molar-refractivity contribution >= 4 is 22.6 Å². The molecule has 0 aliphatic heterocycles. The van der Waals surface area contributed by atoms with Crippen LogP contribution in [0.3, 0.4) is 0 Å². The van der Waals surface area contributed by atoms with Crippen molar-refractivity contribution in [1.29, 1.82) is 0 Å². The fraction of sp³-hybridized carbons (Fsp3) is 0.500. The van der Waals surface area contributed by atoms with Crippen molar-refractivity contribution in [1.82, 2.24) is 15.0 Å². The van der Waals surface area contributed by atoms with E-state index in [1.165, 1.54) is 0 Å². The number of hydrogen-bond donors (Lipinski definition) is 0. The monoisotopic (exact) mass is 253 g/mol. The smallest absolute Gasteiger partial charge is 0.139 e. The van der Waals surface area contributed by atoms with Gasteiger partial charge in [0.1, 0.15) is 16.3 Å². The maximum Gasteiger partial charge on any atom is 0.139 e. The third kappa shape index (κ3) is 2.36. The molecule has 1 aromatic heterocycles. The maximum absolute atomic E-state index is 6.19. The molecule has 2 rings (SSSR count). The summed E-state index contributed by atoms with van der Waals surface area (Å²) in [5.74, 6) is 0.627. The molecule has 1 aromatic carbocycles. The third-order valence-electron chi connectivity index (χ3n) is 2.43. The van der Waals surface area contributed by atoms with E-state index >= 15 is 0 Å². The molecule has 0 N–H and O–H groups in total. The molecule has 0 fully saturated rings. The SMILES string of the molecule is COc1ccc2c(nnn2CC(C)(C)C)c1Cl. The summed E-state index contributed by atoms with van der Waals surface area (Å²) in [4.78, 5) is 0. The number of fused-ring (bicyclic) bond motifs is 1. The molecule has 0 unspecified atom stereocenters. The lowest BCUT2D eigenvalue weighted by molar-refractivity contribution is 0.327. The number of aromatic nitrogens is 3. The molecule has 0 amide bonds. The molecule has 17 heavy (non-hydrogen) atoms. The van der Waals surface area contributed by atoms with Gasteiger partial charge in [-0.15, -0.1) is 5.10 Å². The van der Waals surface area contributed by atoms with E-state index in [1.54, 1.807) is 7.11 Å². The van der Waals surface area contributed by atoms with Crippen molar-refractivity contribution in [2.45, 2.75) is 27.3 Å².